The molecule has 2 heterocycles. The smallest absolute Gasteiger partial charge is 0.253 e. The first kappa shape index (κ1) is 10.4. The molecule has 1 aliphatic rings. The number of aromatic amines is 1. The summed E-state index contributed by atoms with van der Waals surface area (Å²) in [5, 5.41) is 10.5. The summed E-state index contributed by atoms with van der Waals surface area (Å²) in [6.45, 7) is 1.09. The quantitative estimate of drug-likeness (QED) is 0.777. The minimum absolute atomic E-state index is 0.00431. The summed E-state index contributed by atoms with van der Waals surface area (Å²) < 4.78 is 0. The molecule has 1 amide bonds. The lowest BCUT2D eigenvalue weighted by atomic mass is 10.1. The Labute approximate surface area is 98.9 Å². The number of benzene rings is 1. The SMILES string of the molecule is O=C(c1ccc2[nH]ccc2c1)N1CC[C@@H](O)C1. The minimum atomic E-state index is -0.366. The third kappa shape index (κ3) is 1.80. The zero-order chi connectivity index (χ0) is 11.8. The van der Waals surface area contributed by atoms with Crippen molar-refractivity contribution in [1.82, 2.24) is 9.88 Å². The molecule has 4 heteroatoms. The fourth-order valence-electron chi connectivity index (χ4n) is 2.30. The van der Waals surface area contributed by atoms with Crippen LogP contribution in [0.5, 0.6) is 0 Å². The molecule has 2 N–H and O–H groups in total. The lowest BCUT2D eigenvalue weighted by Gasteiger charge is -2.15. The number of β-amino-alcohol motifs (C(OH)–C–C–N with tert-alkyl or cyclic N) is 1. The molecule has 0 radical (unpaired) electrons. The van der Waals surface area contributed by atoms with Crippen molar-refractivity contribution in [3.05, 3.63) is 36.0 Å². The summed E-state index contributed by atoms with van der Waals surface area (Å²) in [4.78, 5) is 17.0. The molecule has 0 unspecified atom stereocenters. The maximum Gasteiger partial charge on any atom is 0.253 e. The number of aliphatic hydroxyl groups is 1. The molecule has 0 saturated carbocycles. The number of hydrogen-bond donors (Lipinski definition) is 2. The van der Waals surface area contributed by atoms with Gasteiger partial charge < -0.3 is 15.0 Å². The van der Waals surface area contributed by atoms with Gasteiger partial charge in [0.05, 0.1) is 6.10 Å². The number of nitrogens with zero attached hydrogens (tertiary/aromatic N) is 1. The van der Waals surface area contributed by atoms with E-state index in [2.05, 4.69) is 4.98 Å². The second-order valence-corrected chi connectivity index (χ2v) is 4.47. The Morgan fingerprint density at radius 3 is 3.06 bits per heavy atom. The fourth-order valence-corrected chi connectivity index (χ4v) is 2.30. The van der Waals surface area contributed by atoms with Crippen LogP contribution in [0.1, 0.15) is 16.8 Å². The first-order valence-electron chi connectivity index (χ1n) is 5.78. The summed E-state index contributed by atoms with van der Waals surface area (Å²) in [6, 6.07) is 7.57. The maximum absolute atomic E-state index is 12.2. The van der Waals surface area contributed by atoms with Gasteiger partial charge in [0.1, 0.15) is 0 Å². The van der Waals surface area contributed by atoms with Crippen molar-refractivity contribution < 1.29 is 9.90 Å². The van der Waals surface area contributed by atoms with E-state index in [1.165, 1.54) is 0 Å². The predicted molar refractivity (Wildman–Crippen MR) is 64.8 cm³/mol. The van der Waals surface area contributed by atoms with Gasteiger partial charge in [-0.15, -0.1) is 0 Å². The Hall–Kier alpha value is -1.81. The van der Waals surface area contributed by atoms with Crippen molar-refractivity contribution in [2.75, 3.05) is 13.1 Å². The van der Waals surface area contributed by atoms with E-state index in [1.807, 2.05) is 30.5 Å². The monoisotopic (exact) mass is 230 g/mol. The standard InChI is InChI=1S/C13H14N2O2/c16-11-4-6-15(8-11)13(17)10-1-2-12-9(7-10)3-5-14-12/h1-3,5,7,11,14,16H,4,6,8H2/t11-/m1/s1. The summed E-state index contributed by atoms with van der Waals surface area (Å²) in [5.41, 5.74) is 1.72. The van der Waals surface area contributed by atoms with Crippen LogP contribution in [0, 0.1) is 0 Å². The normalized spacial score (nSPS) is 20.1. The minimum Gasteiger partial charge on any atom is -0.391 e. The van der Waals surface area contributed by atoms with Gasteiger partial charge in [-0.25, -0.2) is 0 Å². The molecule has 1 aromatic heterocycles. The maximum atomic E-state index is 12.2. The van der Waals surface area contributed by atoms with Crippen molar-refractivity contribution in [1.29, 1.82) is 0 Å². The molecule has 88 valence electrons. The zero-order valence-electron chi connectivity index (χ0n) is 9.39. The van der Waals surface area contributed by atoms with Gasteiger partial charge in [-0.05, 0) is 30.7 Å². The summed E-state index contributed by atoms with van der Waals surface area (Å²) in [7, 11) is 0. The van der Waals surface area contributed by atoms with Gasteiger partial charge in [-0.3, -0.25) is 4.79 Å². The van der Waals surface area contributed by atoms with E-state index in [9.17, 15) is 9.90 Å². The Morgan fingerprint density at radius 2 is 2.29 bits per heavy atom. The number of likely N-dealkylation sites (tertiary alicyclic amines) is 1. The Morgan fingerprint density at radius 1 is 1.41 bits per heavy atom. The average molecular weight is 230 g/mol. The van der Waals surface area contributed by atoms with Crippen LogP contribution in [0.2, 0.25) is 0 Å². The van der Waals surface area contributed by atoms with E-state index >= 15 is 0 Å². The molecule has 4 nitrogen and oxygen atoms in total. The average Bonchev–Trinajstić information content (AvgIpc) is 2.95. The molecule has 1 atom stereocenters. The molecule has 2 aromatic rings. The van der Waals surface area contributed by atoms with Crippen LogP contribution in [0.4, 0.5) is 0 Å². The number of carbonyl (C=O) groups excluding carboxylic acids is 1. The third-order valence-electron chi connectivity index (χ3n) is 3.25. The van der Waals surface area contributed by atoms with E-state index in [4.69, 9.17) is 0 Å². The highest BCUT2D eigenvalue weighted by Crippen LogP contribution is 2.18. The highest BCUT2D eigenvalue weighted by Gasteiger charge is 2.25. The van der Waals surface area contributed by atoms with Crippen LogP contribution in [0.25, 0.3) is 10.9 Å². The number of hydrogen-bond acceptors (Lipinski definition) is 2. The number of nitrogens with one attached hydrogen (secondary N) is 1. The lowest BCUT2D eigenvalue weighted by Crippen LogP contribution is -2.29. The van der Waals surface area contributed by atoms with Gasteiger partial charge >= 0.3 is 0 Å². The Bertz CT molecular complexity index is 561. The summed E-state index contributed by atoms with van der Waals surface area (Å²) >= 11 is 0. The molecule has 3 rings (SSSR count). The van der Waals surface area contributed by atoms with Crippen LogP contribution in [-0.2, 0) is 0 Å². The fraction of sp³-hybridized carbons (Fsp3) is 0.308. The number of amides is 1. The Kier molecular flexibility index (Phi) is 2.37. The summed E-state index contributed by atoms with van der Waals surface area (Å²) in [6.07, 6.45) is 2.17. The van der Waals surface area contributed by atoms with Crippen LogP contribution in [0.3, 0.4) is 0 Å². The van der Waals surface area contributed by atoms with Crippen LogP contribution >= 0.6 is 0 Å². The van der Waals surface area contributed by atoms with E-state index in [0.29, 0.717) is 25.1 Å². The second-order valence-electron chi connectivity index (χ2n) is 4.47. The molecule has 0 bridgehead atoms. The van der Waals surface area contributed by atoms with Gasteiger partial charge in [0.25, 0.3) is 5.91 Å². The van der Waals surface area contributed by atoms with Gasteiger partial charge in [0, 0.05) is 35.8 Å². The van der Waals surface area contributed by atoms with Crippen molar-refractivity contribution in [2.24, 2.45) is 0 Å². The molecule has 1 aromatic carbocycles. The number of carbonyl (C=O) groups is 1. The van der Waals surface area contributed by atoms with Crippen molar-refractivity contribution in [3.8, 4) is 0 Å². The second kappa shape index (κ2) is 3.89. The molecular formula is C13H14N2O2. The zero-order valence-corrected chi connectivity index (χ0v) is 9.39. The lowest BCUT2D eigenvalue weighted by molar-refractivity contribution is 0.0765. The van der Waals surface area contributed by atoms with Gasteiger partial charge in [0.15, 0.2) is 0 Å². The van der Waals surface area contributed by atoms with Gasteiger partial charge in [-0.2, -0.15) is 0 Å². The van der Waals surface area contributed by atoms with Crippen molar-refractivity contribution in [3.63, 3.8) is 0 Å². The van der Waals surface area contributed by atoms with Gasteiger partial charge in [-0.1, -0.05) is 0 Å². The van der Waals surface area contributed by atoms with Crippen LogP contribution in [-0.4, -0.2) is 40.1 Å². The molecular weight excluding hydrogens is 216 g/mol. The topological polar surface area (TPSA) is 56.3 Å². The van der Waals surface area contributed by atoms with Crippen molar-refractivity contribution >= 4 is 16.8 Å². The van der Waals surface area contributed by atoms with Crippen molar-refractivity contribution in [2.45, 2.75) is 12.5 Å². The third-order valence-corrected chi connectivity index (χ3v) is 3.25. The summed E-state index contributed by atoms with van der Waals surface area (Å²) in [5.74, 6) is 0.00431. The van der Waals surface area contributed by atoms with E-state index in [0.717, 1.165) is 10.9 Å². The van der Waals surface area contributed by atoms with E-state index < -0.39 is 0 Å². The first-order valence-corrected chi connectivity index (χ1v) is 5.78. The first-order chi connectivity index (χ1) is 8.24. The van der Waals surface area contributed by atoms with E-state index in [1.54, 1.807) is 4.90 Å². The number of fused-ring (bicyclic) bond motifs is 1. The van der Waals surface area contributed by atoms with Crippen LogP contribution in [0.15, 0.2) is 30.5 Å². The Balaban J connectivity index is 1.89. The molecule has 1 aliphatic heterocycles. The molecule has 0 spiro atoms. The highest BCUT2D eigenvalue weighted by molar-refractivity contribution is 5.98. The van der Waals surface area contributed by atoms with Crippen LogP contribution < -0.4 is 0 Å². The predicted octanol–water partition coefficient (Wildman–Crippen LogP) is 1.37. The number of H-pyrrole nitrogens is 1. The number of aromatic nitrogens is 1. The molecule has 1 saturated heterocycles. The largest absolute Gasteiger partial charge is 0.391 e. The highest BCUT2D eigenvalue weighted by atomic mass is 16.3. The number of rotatable bonds is 1. The van der Waals surface area contributed by atoms with E-state index in [-0.39, 0.29) is 12.0 Å². The molecule has 1 fully saturated rings. The molecule has 0 aliphatic carbocycles. The van der Waals surface area contributed by atoms with Gasteiger partial charge in [0.2, 0.25) is 0 Å². The molecule has 17 heavy (non-hydrogen) atoms. The number of aliphatic hydroxyl groups excluding tert-OH is 1.